The number of phosphoric acid groups is 1. The van der Waals surface area contributed by atoms with Crippen LogP contribution in [0.2, 0.25) is 0 Å². The summed E-state index contributed by atoms with van der Waals surface area (Å²) in [6, 6.07) is -0.833. The topological polar surface area (TPSA) is 147 Å². The van der Waals surface area contributed by atoms with E-state index in [1.54, 1.807) is 0 Å². The molecular formula is CH7ClKN2O5P. The van der Waals surface area contributed by atoms with E-state index < -0.39 is 13.9 Å². The van der Waals surface area contributed by atoms with E-state index in [2.05, 4.69) is 11.5 Å². The quantitative estimate of drug-likeness (QED) is 0.208. The van der Waals surface area contributed by atoms with Gasteiger partial charge in [0.15, 0.2) is 0 Å². The molecule has 0 bridgehead atoms. The molecule has 11 heavy (non-hydrogen) atoms. The van der Waals surface area contributed by atoms with Crippen LogP contribution in [0.3, 0.4) is 0 Å². The molecule has 64 valence electrons. The Bertz CT molecular complexity index is 124. The molecule has 0 saturated heterocycles. The molecule has 0 atom stereocenters. The van der Waals surface area contributed by atoms with Gasteiger partial charge in [0.05, 0.1) is 0 Å². The molecule has 7 N–H and O–H groups in total. The molecule has 0 aromatic heterocycles. The van der Waals surface area contributed by atoms with Crippen LogP contribution in [0.5, 0.6) is 0 Å². The number of hydrogen-bond acceptors (Lipinski definition) is 2. The zero-order valence-electron chi connectivity index (χ0n) is 5.64. The Kier molecular flexibility index (Phi) is 23.4. The molecular weight excluding hydrogens is 226 g/mol. The first kappa shape index (κ1) is 22.8. The fourth-order valence-corrected chi connectivity index (χ4v) is 0. The molecule has 0 aliphatic rings. The van der Waals surface area contributed by atoms with Gasteiger partial charge in [0, 0.05) is 0 Å². The molecule has 0 aromatic rings. The average molecular weight is 233 g/mol. The summed E-state index contributed by atoms with van der Waals surface area (Å²) in [6.07, 6.45) is 0. The van der Waals surface area contributed by atoms with Gasteiger partial charge in [0.2, 0.25) is 0 Å². The standard InChI is InChI=1S/CH4N2O.ClH.K.H3O4P/c2-1(3)4;;;1-5(2,3)4/h(H4,2,3,4);1H;;(H3,1,2,3,4)/q;;+1;/p-1. The van der Waals surface area contributed by atoms with Crippen molar-refractivity contribution in [3.8, 4) is 0 Å². The number of carbonyl (C=O) groups excluding carboxylic acids is 1. The van der Waals surface area contributed by atoms with Crippen molar-refractivity contribution in [3.63, 3.8) is 0 Å². The van der Waals surface area contributed by atoms with Crippen molar-refractivity contribution >= 4 is 13.9 Å². The molecule has 0 fully saturated rings. The van der Waals surface area contributed by atoms with Crippen LogP contribution in [0, 0.1) is 0 Å². The Morgan fingerprint density at radius 3 is 1.18 bits per heavy atom. The number of halogens is 1. The second-order valence-electron chi connectivity index (χ2n) is 0.916. The second-order valence-corrected chi connectivity index (χ2v) is 1.94. The zero-order chi connectivity index (χ0) is 8.08. The van der Waals surface area contributed by atoms with E-state index in [4.69, 9.17) is 24.0 Å². The summed E-state index contributed by atoms with van der Waals surface area (Å²) in [7, 11) is -4.64. The average Bonchev–Trinajstić information content (AvgIpc) is 1.19. The maximum absolute atomic E-state index is 9.00. The van der Waals surface area contributed by atoms with Crippen molar-refractivity contribution in [2.45, 2.75) is 0 Å². The van der Waals surface area contributed by atoms with Gasteiger partial charge >= 0.3 is 65.2 Å². The number of urea groups is 1. The van der Waals surface area contributed by atoms with Gasteiger partial charge in [-0.2, -0.15) is 0 Å². The summed E-state index contributed by atoms with van der Waals surface area (Å²) in [5.74, 6) is 0. The van der Waals surface area contributed by atoms with Crippen molar-refractivity contribution in [3.05, 3.63) is 0 Å². The Labute approximate surface area is 112 Å². The van der Waals surface area contributed by atoms with E-state index in [9.17, 15) is 0 Å². The van der Waals surface area contributed by atoms with Crippen LogP contribution >= 0.6 is 7.82 Å². The number of nitrogens with two attached hydrogens (primary N) is 2. The van der Waals surface area contributed by atoms with Crippen molar-refractivity contribution in [2.24, 2.45) is 11.5 Å². The van der Waals surface area contributed by atoms with Gasteiger partial charge in [-0.3, -0.25) is 0 Å². The first-order valence-corrected chi connectivity index (χ1v) is 3.13. The summed E-state index contributed by atoms with van der Waals surface area (Å²) in [6.45, 7) is 0. The first-order valence-electron chi connectivity index (χ1n) is 1.56. The maximum Gasteiger partial charge on any atom is 1.00 e. The molecule has 7 nitrogen and oxygen atoms in total. The number of rotatable bonds is 0. The van der Waals surface area contributed by atoms with E-state index in [1.807, 2.05) is 0 Å². The van der Waals surface area contributed by atoms with Crippen molar-refractivity contribution < 1.29 is 87.8 Å². The molecule has 0 aliphatic heterocycles. The molecule has 0 unspecified atom stereocenters. The fourth-order valence-electron chi connectivity index (χ4n) is 0. The summed E-state index contributed by atoms with van der Waals surface area (Å²) >= 11 is 0. The third kappa shape index (κ3) is 574. The molecule has 0 rings (SSSR count). The summed E-state index contributed by atoms with van der Waals surface area (Å²) in [4.78, 5) is 30.6. The van der Waals surface area contributed by atoms with Gasteiger partial charge in [-0.1, -0.05) is 0 Å². The zero-order valence-corrected chi connectivity index (χ0v) is 10.4. The molecule has 0 radical (unpaired) electrons. The van der Waals surface area contributed by atoms with E-state index in [1.165, 1.54) is 0 Å². The third-order valence-electron chi connectivity index (χ3n) is 0. The van der Waals surface area contributed by atoms with Gasteiger partial charge in [0.1, 0.15) is 0 Å². The summed E-state index contributed by atoms with van der Waals surface area (Å²) < 4.78 is 8.88. The smallest absolute Gasteiger partial charge is 1.00 e. The third-order valence-corrected chi connectivity index (χ3v) is 0. The Morgan fingerprint density at radius 1 is 1.18 bits per heavy atom. The molecule has 0 spiro atoms. The molecule has 2 amide bonds. The summed E-state index contributed by atoms with van der Waals surface area (Å²) in [5, 5.41) is 0. The number of amides is 2. The van der Waals surface area contributed by atoms with Gasteiger partial charge in [-0.15, -0.1) is 0 Å². The van der Waals surface area contributed by atoms with E-state index in [-0.39, 0.29) is 63.8 Å². The second kappa shape index (κ2) is 11.3. The van der Waals surface area contributed by atoms with Gasteiger partial charge < -0.3 is 38.6 Å². The minimum atomic E-state index is -4.64. The SMILES string of the molecule is NC(N)=O.O=P(O)(O)O.[Cl-].[K+]. The molecule has 0 heterocycles. The first-order chi connectivity index (χ1) is 3.73. The predicted molar refractivity (Wildman–Crippen MR) is 28.0 cm³/mol. The van der Waals surface area contributed by atoms with Gasteiger partial charge in [0.25, 0.3) is 0 Å². The fraction of sp³-hybridized carbons (Fsp3) is 0. The van der Waals surface area contributed by atoms with E-state index >= 15 is 0 Å². The van der Waals surface area contributed by atoms with E-state index in [0.29, 0.717) is 0 Å². The minimum absolute atomic E-state index is 0. The van der Waals surface area contributed by atoms with Crippen LogP contribution in [-0.4, -0.2) is 20.7 Å². The van der Waals surface area contributed by atoms with Crippen LogP contribution < -0.4 is 75.3 Å². The molecule has 10 heteroatoms. The van der Waals surface area contributed by atoms with Crippen LogP contribution in [0.4, 0.5) is 4.79 Å². The van der Waals surface area contributed by atoms with Crippen molar-refractivity contribution in [2.75, 3.05) is 0 Å². The van der Waals surface area contributed by atoms with Crippen LogP contribution in [0.15, 0.2) is 0 Å². The summed E-state index contributed by atoms with van der Waals surface area (Å²) in [5.41, 5.74) is 8.50. The number of primary amides is 2. The van der Waals surface area contributed by atoms with Crippen LogP contribution in [0.1, 0.15) is 0 Å². The Morgan fingerprint density at radius 2 is 1.18 bits per heavy atom. The largest absolute Gasteiger partial charge is 1.00 e. The monoisotopic (exact) mass is 232 g/mol. The molecule has 0 aromatic carbocycles. The van der Waals surface area contributed by atoms with Crippen LogP contribution in [0.25, 0.3) is 0 Å². The Balaban J connectivity index is -0.0000000383. The number of hydrogen-bond donors (Lipinski definition) is 5. The van der Waals surface area contributed by atoms with Gasteiger partial charge in [-0.05, 0) is 0 Å². The normalized spacial score (nSPS) is 7.55. The predicted octanol–water partition coefficient (Wildman–Crippen LogP) is -7.90. The minimum Gasteiger partial charge on any atom is -1.00 e. The Hall–Kier alpha value is 1.31. The molecule has 0 saturated carbocycles. The van der Waals surface area contributed by atoms with Crippen LogP contribution in [-0.2, 0) is 4.57 Å². The molecule has 0 aliphatic carbocycles. The van der Waals surface area contributed by atoms with Gasteiger partial charge in [-0.25, -0.2) is 9.36 Å². The number of carbonyl (C=O) groups is 1. The van der Waals surface area contributed by atoms with E-state index in [0.717, 1.165) is 0 Å². The maximum atomic E-state index is 9.00. The van der Waals surface area contributed by atoms with Crippen molar-refractivity contribution in [1.29, 1.82) is 0 Å². The van der Waals surface area contributed by atoms with Crippen molar-refractivity contribution in [1.82, 2.24) is 0 Å².